The SMILES string of the molecule is C/C=C/[C@H](C[C@@H]1CCNC1=O)NC(=O)[C@H](Cc1ccccc1)n1ccc2cc[nH]c2c1=O. The molecule has 32 heavy (non-hydrogen) atoms. The molecule has 0 bridgehead atoms. The molecule has 3 aromatic rings. The molecule has 4 rings (SSSR count). The number of aromatic amines is 1. The predicted octanol–water partition coefficient (Wildman–Crippen LogP) is 2.70. The fraction of sp³-hybridized carbons (Fsp3) is 0.320. The van der Waals surface area contributed by atoms with Crippen LogP contribution in [-0.4, -0.2) is 34.0 Å². The van der Waals surface area contributed by atoms with Crippen LogP contribution in [0.3, 0.4) is 0 Å². The first-order valence-corrected chi connectivity index (χ1v) is 11.0. The largest absolute Gasteiger partial charge is 0.357 e. The van der Waals surface area contributed by atoms with Crippen LogP contribution in [0.5, 0.6) is 0 Å². The molecule has 2 amide bonds. The lowest BCUT2D eigenvalue weighted by molar-refractivity contribution is -0.126. The number of fused-ring (bicyclic) bond motifs is 1. The maximum absolute atomic E-state index is 13.5. The Hall–Kier alpha value is -3.61. The van der Waals surface area contributed by atoms with Crippen molar-refractivity contribution in [2.24, 2.45) is 5.92 Å². The number of benzene rings is 1. The second-order valence-electron chi connectivity index (χ2n) is 8.19. The number of nitrogens with one attached hydrogen (secondary N) is 3. The van der Waals surface area contributed by atoms with Crippen molar-refractivity contribution in [3.63, 3.8) is 0 Å². The average Bonchev–Trinajstić information content (AvgIpc) is 3.43. The van der Waals surface area contributed by atoms with E-state index < -0.39 is 6.04 Å². The Balaban J connectivity index is 1.63. The number of H-pyrrole nitrogens is 1. The summed E-state index contributed by atoms with van der Waals surface area (Å²) in [5.41, 5.74) is 1.20. The minimum atomic E-state index is -0.720. The summed E-state index contributed by atoms with van der Waals surface area (Å²) in [6.07, 6.45) is 8.86. The van der Waals surface area contributed by atoms with E-state index in [1.54, 1.807) is 12.4 Å². The summed E-state index contributed by atoms with van der Waals surface area (Å²) in [6.45, 7) is 2.56. The lowest BCUT2D eigenvalue weighted by atomic mass is 9.97. The van der Waals surface area contributed by atoms with Crippen molar-refractivity contribution in [3.05, 3.63) is 82.9 Å². The van der Waals surface area contributed by atoms with Gasteiger partial charge in [0.15, 0.2) is 0 Å². The Bertz CT molecular complexity index is 1180. The van der Waals surface area contributed by atoms with Gasteiger partial charge >= 0.3 is 0 Å². The predicted molar refractivity (Wildman–Crippen MR) is 124 cm³/mol. The third-order valence-corrected chi connectivity index (χ3v) is 6.01. The molecule has 0 unspecified atom stereocenters. The second kappa shape index (κ2) is 9.68. The number of allylic oxidation sites excluding steroid dienone is 1. The van der Waals surface area contributed by atoms with Gasteiger partial charge in [-0.05, 0) is 37.5 Å². The lowest BCUT2D eigenvalue weighted by Gasteiger charge is -2.24. The highest BCUT2D eigenvalue weighted by Gasteiger charge is 2.29. The number of carbonyl (C=O) groups excluding carboxylic acids is 2. The van der Waals surface area contributed by atoms with Gasteiger partial charge in [-0.15, -0.1) is 0 Å². The van der Waals surface area contributed by atoms with Crippen LogP contribution in [0.2, 0.25) is 0 Å². The van der Waals surface area contributed by atoms with E-state index in [0.29, 0.717) is 24.9 Å². The Kier molecular flexibility index (Phi) is 6.54. The number of hydrogen-bond acceptors (Lipinski definition) is 3. The summed E-state index contributed by atoms with van der Waals surface area (Å²) in [4.78, 5) is 41.7. The van der Waals surface area contributed by atoms with E-state index in [1.807, 2.05) is 61.5 Å². The van der Waals surface area contributed by atoms with Gasteiger partial charge in [0.25, 0.3) is 5.56 Å². The molecule has 3 N–H and O–H groups in total. The highest BCUT2D eigenvalue weighted by Crippen LogP contribution is 2.19. The zero-order valence-electron chi connectivity index (χ0n) is 18.1. The standard InChI is InChI=1S/C25H28N4O3/c1-2-6-20(16-19-10-13-27-23(19)30)28-24(31)21(15-17-7-4-3-5-8-17)29-14-11-18-9-12-26-22(18)25(29)32/h2-9,11-12,14,19-21,26H,10,13,15-16H2,1H3,(H,27,30)(H,28,31)/b6-2+/t19-,20+,21-/m0/s1. The first-order valence-electron chi connectivity index (χ1n) is 11.0. The zero-order chi connectivity index (χ0) is 22.5. The fourth-order valence-electron chi connectivity index (χ4n) is 4.34. The Morgan fingerprint density at radius 1 is 1.22 bits per heavy atom. The molecule has 166 valence electrons. The highest BCUT2D eigenvalue weighted by molar-refractivity contribution is 5.83. The minimum Gasteiger partial charge on any atom is -0.357 e. The van der Waals surface area contributed by atoms with Gasteiger partial charge in [-0.3, -0.25) is 14.4 Å². The third kappa shape index (κ3) is 4.66. The molecule has 7 heteroatoms. The van der Waals surface area contributed by atoms with Gasteiger partial charge in [-0.2, -0.15) is 0 Å². The van der Waals surface area contributed by atoms with Crippen LogP contribution in [0.1, 0.15) is 31.4 Å². The van der Waals surface area contributed by atoms with Gasteiger partial charge in [0.05, 0.1) is 0 Å². The molecule has 0 aliphatic carbocycles. The van der Waals surface area contributed by atoms with Crippen molar-refractivity contribution in [3.8, 4) is 0 Å². The Labute approximate surface area is 186 Å². The molecular weight excluding hydrogens is 404 g/mol. The molecule has 0 saturated carbocycles. The average molecular weight is 433 g/mol. The van der Waals surface area contributed by atoms with E-state index >= 15 is 0 Å². The van der Waals surface area contributed by atoms with E-state index in [9.17, 15) is 14.4 Å². The summed E-state index contributed by atoms with van der Waals surface area (Å²) in [5.74, 6) is -0.339. The topological polar surface area (TPSA) is 96.0 Å². The molecule has 1 aromatic carbocycles. The molecule has 1 aliphatic rings. The van der Waals surface area contributed by atoms with Crippen molar-refractivity contribution >= 4 is 22.7 Å². The van der Waals surface area contributed by atoms with Crippen molar-refractivity contribution in [2.75, 3.05) is 6.54 Å². The smallest absolute Gasteiger partial charge is 0.275 e. The minimum absolute atomic E-state index is 0.0306. The molecule has 3 atom stereocenters. The number of pyridine rings is 1. The molecule has 1 fully saturated rings. The van der Waals surface area contributed by atoms with Crippen LogP contribution in [0.4, 0.5) is 0 Å². The zero-order valence-corrected chi connectivity index (χ0v) is 18.1. The van der Waals surface area contributed by atoms with Gasteiger partial charge in [-0.25, -0.2) is 0 Å². The van der Waals surface area contributed by atoms with E-state index in [4.69, 9.17) is 0 Å². The van der Waals surface area contributed by atoms with E-state index in [0.717, 1.165) is 17.4 Å². The number of amides is 2. The number of hydrogen-bond donors (Lipinski definition) is 3. The number of rotatable bonds is 8. The highest BCUT2D eigenvalue weighted by atomic mass is 16.2. The summed E-state index contributed by atoms with van der Waals surface area (Å²) in [5, 5.41) is 6.74. The maximum atomic E-state index is 13.5. The normalized spacial score (nSPS) is 18.0. The van der Waals surface area contributed by atoms with Crippen LogP contribution in [-0.2, 0) is 16.0 Å². The van der Waals surface area contributed by atoms with Gasteiger partial charge < -0.3 is 20.2 Å². The van der Waals surface area contributed by atoms with E-state index in [2.05, 4.69) is 15.6 Å². The van der Waals surface area contributed by atoms with Crippen LogP contribution in [0.15, 0.2) is 71.8 Å². The second-order valence-corrected chi connectivity index (χ2v) is 8.19. The first-order chi connectivity index (χ1) is 15.6. The lowest BCUT2D eigenvalue weighted by Crippen LogP contribution is -2.43. The molecule has 7 nitrogen and oxygen atoms in total. The van der Waals surface area contributed by atoms with Crippen molar-refractivity contribution in [2.45, 2.75) is 38.3 Å². The van der Waals surface area contributed by atoms with Crippen molar-refractivity contribution < 1.29 is 9.59 Å². The first kappa shape index (κ1) is 21.6. The Morgan fingerprint density at radius 2 is 2.03 bits per heavy atom. The third-order valence-electron chi connectivity index (χ3n) is 6.01. The molecule has 2 aromatic heterocycles. The number of carbonyl (C=O) groups is 2. The van der Waals surface area contributed by atoms with Gasteiger partial charge in [0.2, 0.25) is 11.8 Å². The van der Waals surface area contributed by atoms with Gasteiger partial charge in [0.1, 0.15) is 11.6 Å². The molecule has 3 heterocycles. The molecule has 1 aliphatic heterocycles. The molecule has 0 spiro atoms. The molecule has 1 saturated heterocycles. The van der Waals surface area contributed by atoms with Crippen LogP contribution in [0, 0.1) is 5.92 Å². The summed E-state index contributed by atoms with van der Waals surface area (Å²) in [6, 6.07) is 12.3. The summed E-state index contributed by atoms with van der Waals surface area (Å²) in [7, 11) is 0. The van der Waals surface area contributed by atoms with E-state index in [-0.39, 0.29) is 29.3 Å². The van der Waals surface area contributed by atoms with Crippen molar-refractivity contribution in [1.82, 2.24) is 20.2 Å². The Morgan fingerprint density at radius 3 is 2.75 bits per heavy atom. The van der Waals surface area contributed by atoms with Crippen LogP contribution < -0.4 is 16.2 Å². The quantitative estimate of drug-likeness (QED) is 0.478. The van der Waals surface area contributed by atoms with Crippen molar-refractivity contribution in [1.29, 1.82) is 0 Å². The molecular formula is C25H28N4O3. The fourth-order valence-corrected chi connectivity index (χ4v) is 4.34. The summed E-state index contributed by atoms with van der Waals surface area (Å²) >= 11 is 0. The molecule has 0 radical (unpaired) electrons. The van der Waals surface area contributed by atoms with E-state index in [1.165, 1.54) is 4.57 Å². The monoisotopic (exact) mass is 432 g/mol. The van der Waals surface area contributed by atoms with Gasteiger partial charge in [0, 0.05) is 42.7 Å². The van der Waals surface area contributed by atoms with Crippen LogP contribution >= 0.6 is 0 Å². The number of aromatic nitrogens is 2. The van der Waals surface area contributed by atoms with Crippen LogP contribution in [0.25, 0.3) is 10.9 Å². The maximum Gasteiger partial charge on any atom is 0.275 e. The number of nitrogens with zero attached hydrogens (tertiary/aromatic N) is 1. The summed E-state index contributed by atoms with van der Waals surface area (Å²) < 4.78 is 1.50. The van der Waals surface area contributed by atoms with Gasteiger partial charge in [-0.1, -0.05) is 42.5 Å².